The molecule has 1 aromatic heterocycles. The van der Waals surface area contributed by atoms with Gasteiger partial charge < -0.3 is 10.1 Å². The number of nitrogens with zero attached hydrogens (tertiary/aromatic N) is 2. The normalized spacial score (nSPS) is 16.7. The first-order valence-electron chi connectivity index (χ1n) is 6.06. The van der Waals surface area contributed by atoms with Crippen LogP contribution in [0, 0.1) is 0 Å². The molecule has 0 amide bonds. The summed E-state index contributed by atoms with van der Waals surface area (Å²) in [5.74, 6) is 0. The van der Waals surface area contributed by atoms with E-state index < -0.39 is 0 Å². The highest BCUT2D eigenvalue weighted by atomic mass is 79.9. The van der Waals surface area contributed by atoms with Crippen molar-refractivity contribution in [3.05, 3.63) is 50.6 Å². The Balaban J connectivity index is 1.92. The number of fused-ring (bicyclic) bond motifs is 1. The van der Waals surface area contributed by atoms with Crippen LogP contribution in [0.3, 0.4) is 0 Å². The van der Waals surface area contributed by atoms with E-state index in [1.54, 1.807) is 11.3 Å². The van der Waals surface area contributed by atoms with Gasteiger partial charge in [-0.2, -0.15) is 0 Å². The highest BCUT2D eigenvalue weighted by Gasteiger charge is 2.21. The summed E-state index contributed by atoms with van der Waals surface area (Å²) >= 11 is 5.25. The Bertz CT molecular complexity index is 623. The third kappa shape index (κ3) is 2.53. The number of benzene rings is 1. The quantitative estimate of drug-likeness (QED) is 0.662. The van der Waals surface area contributed by atoms with E-state index in [0.717, 1.165) is 40.9 Å². The zero-order chi connectivity index (χ0) is 13.2. The van der Waals surface area contributed by atoms with Crippen molar-refractivity contribution in [2.75, 3.05) is 11.4 Å². The molecule has 1 aliphatic heterocycles. The molecule has 19 heavy (non-hydrogen) atoms. The van der Waals surface area contributed by atoms with Crippen molar-refractivity contribution in [1.29, 1.82) is 0 Å². The lowest BCUT2D eigenvalue weighted by Gasteiger charge is -2.31. The van der Waals surface area contributed by atoms with E-state index in [1.807, 2.05) is 18.2 Å². The minimum absolute atomic E-state index is 0.777. The van der Waals surface area contributed by atoms with Gasteiger partial charge in [0.1, 0.15) is 0 Å². The molecule has 0 fully saturated rings. The van der Waals surface area contributed by atoms with Crippen molar-refractivity contribution < 1.29 is 5.21 Å². The molecule has 1 aliphatic rings. The Morgan fingerprint density at radius 2 is 2.21 bits per heavy atom. The Morgan fingerprint density at radius 3 is 2.95 bits per heavy atom. The lowest BCUT2D eigenvalue weighted by Crippen LogP contribution is -2.31. The van der Waals surface area contributed by atoms with E-state index in [1.165, 1.54) is 4.88 Å². The molecule has 0 saturated carbocycles. The second-order valence-corrected chi connectivity index (χ2v) is 6.38. The van der Waals surface area contributed by atoms with Gasteiger partial charge in [-0.1, -0.05) is 23.4 Å². The van der Waals surface area contributed by atoms with Gasteiger partial charge in [-0.25, -0.2) is 0 Å². The Kier molecular flexibility index (Phi) is 3.57. The largest absolute Gasteiger partial charge is 0.411 e. The zero-order valence-electron chi connectivity index (χ0n) is 10.2. The van der Waals surface area contributed by atoms with E-state index in [-0.39, 0.29) is 0 Å². The van der Waals surface area contributed by atoms with Crippen LogP contribution in [0.25, 0.3) is 0 Å². The van der Waals surface area contributed by atoms with Crippen molar-refractivity contribution in [1.82, 2.24) is 0 Å². The molecule has 0 spiro atoms. The molecule has 1 N–H and O–H groups in total. The van der Waals surface area contributed by atoms with Gasteiger partial charge in [-0.3, -0.25) is 0 Å². The number of hydrogen-bond donors (Lipinski definition) is 1. The highest BCUT2D eigenvalue weighted by Crippen LogP contribution is 2.30. The van der Waals surface area contributed by atoms with Crippen molar-refractivity contribution >= 4 is 38.7 Å². The minimum Gasteiger partial charge on any atom is -0.411 e. The summed E-state index contributed by atoms with van der Waals surface area (Å²) in [5, 5.41) is 14.6. The van der Waals surface area contributed by atoms with Crippen LogP contribution < -0.4 is 4.90 Å². The first kappa shape index (κ1) is 12.7. The molecule has 0 radical (unpaired) electrons. The van der Waals surface area contributed by atoms with Crippen LogP contribution in [0.2, 0.25) is 0 Å². The van der Waals surface area contributed by atoms with Gasteiger partial charge in [0.05, 0.1) is 12.3 Å². The second kappa shape index (κ2) is 5.35. The average Bonchev–Trinajstić information content (AvgIpc) is 2.85. The smallest absolute Gasteiger partial charge is 0.0906 e. The third-order valence-electron chi connectivity index (χ3n) is 3.26. The number of thiophene rings is 1. The summed E-state index contributed by atoms with van der Waals surface area (Å²) in [6, 6.07) is 10.3. The fourth-order valence-corrected chi connectivity index (χ4v) is 3.85. The molecule has 0 atom stereocenters. The summed E-state index contributed by atoms with van der Waals surface area (Å²) in [7, 11) is 0. The fraction of sp³-hybridized carbons (Fsp3) is 0.214. The Labute approximate surface area is 124 Å². The van der Waals surface area contributed by atoms with E-state index in [0.29, 0.717) is 0 Å². The molecule has 3 rings (SSSR count). The zero-order valence-corrected chi connectivity index (χ0v) is 12.6. The predicted molar refractivity (Wildman–Crippen MR) is 82.5 cm³/mol. The molecule has 0 saturated heterocycles. The van der Waals surface area contributed by atoms with Crippen LogP contribution in [0.4, 0.5) is 5.69 Å². The lowest BCUT2D eigenvalue weighted by molar-refractivity contribution is 0.317. The van der Waals surface area contributed by atoms with E-state index in [9.17, 15) is 0 Å². The molecule has 3 nitrogen and oxygen atoms in total. The van der Waals surface area contributed by atoms with Gasteiger partial charge in [0.25, 0.3) is 0 Å². The van der Waals surface area contributed by atoms with Crippen LogP contribution in [-0.4, -0.2) is 17.5 Å². The van der Waals surface area contributed by atoms with Gasteiger partial charge in [-0.05, 0) is 28.1 Å². The molecule has 0 bridgehead atoms. The second-order valence-electron chi connectivity index (χ2n) is 4.47. The average molecular weight is 337 g/mol. The van der Waals surface area contributed by atoms with Gasteiger partial charge in [-0.15, -0.1) is 11.3 Å². The van der Waals surface area contributed by atoms with Crippen molar-refractivity contribution in [3.8, 4) is 0 Å². The fourth-order valence-electron chi connectivity index (χ4n) is 2.38. The highest BCUT2D eigenvalue weighted by molar-refractivity contribution is 9.10. The van der Waals surface area contributed by atoms with E-state index in [4.69, 9.17) is 5.21 Å². The minimum atomic E-state index is 0.777. The molecule has 1 aromatic carbocycles. The maximum atomic E-state index is 9.08. The molecule has 2 aromatic rings. The van der Waals surface area contributed by atoms with Gasteiger partial charge in [0.2, 0.25) is 0 Å². The van der Waals surface area contributed by atoms with Gasteiger partial charge >= 0.3 is 0 Å². The molecular formula is C14H13BrN2OS. The van der Waals surface area contributed by atoms with E-state index in [2.05, 4.69) is 43.5 Å². The summed E-state index contributed by atoms with van der Waals surface area (Å²) in [6.07, 6.45) is 0.778. The topological polar surface area (TPSA) is 35.8 Å². The van der Waals surface area contributed by atoms with Crippen molar-refractivity contribution in [2.24, 2.45) is 5.16 Å². The molecule has 98 valence electrons. The number of para-hydroxylation sites is 1. The number of oxime groups is 1. The molecule has 5 heteroatoms. The summed E-state index contributed by atoms with van der Waals surface area (Å²) in [6.45, 7) is 1.78. The Morgan fingerprint density at radius 1 is 1.37 bits per heavy atom. The number of rotatable bonds is 2. The van der Waals surface area contributed by atoms with Crippen molar-refractivity contribution in [2.45, 2.75) is 13.0 Å². The van der Waals surface area contributed by atoms with Gasteiger partial charge in [0.15, 0.2) is 0 Å². The summed E-state index contributed by atoms with van der Waals surface area (Å²) < 4.78 is 1.13. The van der Waals surface area contributed by atoms with Crippen molar-refractivity contribution in [3.63, 3.8) is 0 Å². The number of anilines is 1. The van der Waals surface area contributed by atoms with Crippen LogP contribution in [0.15, 0.2) is 45.3 Å². The molecule has 0 aliphatic carbocycles. The number of halogens is 1. The summed E-state index contributed by atoms with van der Waals surface area (Å²) in [4.78, 5) is 3.66. The molecule has 0 unspecified atom stereocenters. The summed E-state index contributed by atoms with van der Waals surface area (Å²) in [5.41, 5.74) is 2.96. The maximum absolute atomic E-state index is 9.08. The van der Waals surface area contributed by atoms with Gasteiger partial charge in [0, 0.05) is 38.9 Å². The predicted octanol–water partition coefficient (Wildman–Crippen LogP) is 4.10. The Hall–Kier alpha value is -1.33. The molecule has 2 heterocycles. The lowest BCUT2D eigenvalue weighted by atomic mass is 9.99. The first-order valence-corrected chi connectivity index (χ1v) is 7.73. The maximum Gasteiger partial charge on any atom is 0.0906 e. The number of hydrogen-bond acceptors (Lipinski definition) is 4. The SMILES string of the molecule is ON=C1CCN(Cc2cc(Br)cs2)c2ccccc21. The third-order valence-corrected chi connectivity index (χ3v) is 4.95. The standard InChI is InChI=1S/C14H13BrN2OS/c15-10-7-11(19-9-10)8-17-6-5-13(16-18)12-3-1-2-4-14(12)17/h1-4,7,9,18H,5-6,8H2. The monoisotopic (exact) mass is 336 g/mol. The molecular weight excluding hydrogens is 324 g/mol. The first-order chi connectivity index (χ1) is 9.28. The van der Waals surface area contributed by atoms with Crippen LogP contribution in [0.1, 0.15) is 16.9 Å². The van der Waals surface area contributed by atoms with E-state index >= 15 is 0 Å². The van der Waals surface area contributed by atoms with Crippen LogP contribution in [0.5, 0.6) is 0 Å². The van der Waals surface area contributed by atoms with Crippen LogP contribution >= 0.6 is 27.3 Å². The van der Waals surface area contributed by atoms with Crippen LogP contribution in [-0.2, 0) is 6.54 Å².